The molecule has 4 bridgehead atoms. The van der Waals surface area contributed by atoms with Crippen LogP contribution in [0.25, 0.3) is 0 Å². The molecule has 30 heavy (non-hydrogen) atoms. The summed E-state index contributed by atoms with van der Waals surface area (Å²) in [5, 5.41) is 0. The van der Waals surface area contributed by atoms with E-state index in [-0.39, 0.29) is 6.61 Å². The van der Waals surface area contributed by atoms with E-state index in [0.717, 1.165) is 55.2 Å². The molecule has 0 radical (unpaired) electrons. The maximum absolute atomic E-state index is 12.0. The van der Waals surface area contributed by atoms with E-state index in [1.165, 1.54) is 16.9 Å². The van der Waals surface area contributed by atoms with Gasteiger partial charge in [0.15, 0.2) is 5.72 Å². The van der Waals surface area contributed by atoms with Crippen LogP contribution >= 0.6 is 0 Å². The molecule has 1 atom stereocenters. The van der Waals surface area contributed by atoms with Crippen molar-refractivity contribution in [2.75, 3.05) is 17.6 Å². The second-order valence-electron chi connectivity index (χ2n) is 8.27. The van der Waals surface area contributed by atoms with Gasteiger partial charge in [0.25, 0.3) is 0 Å². The van der Waals surface area contributed by atoms with Crippen LogP contribution < -0.4 is 10.0 Å². The van der Waals surface area contributed by atoms with Crippen molar-refractivity contribution in [1.82, 2.24) is 4.98 Å². The van der Waals surface area contributed by atoms with Gasteiger partial charge in [0.2, 0.25) is 10.0 Å². The molecule has 8 heteroatoms. The van der Waals surface area contributed by atoms with Crippen LogP contribution in [0, 0.1) is 0 Å². The van der Waals surface area contributed by atoms with Crippen molar-refractivity contribution in [3.63, 3.8) is 0 Å². The van der Waals surface area contributed by atoms with E-state index in [0.29, 0.717) is 12.2 Å². The Hall–Kier alpha value is -2.00. The molecule has 164 valence electrons. The van der Waals surface area contributed by atoms with Crippen molar-refractivity contribution < 1.29 is 18.2 Å². The highest BCUT2D eigenvalue weighted by Gasteiger charge is 2.22. The second-order valence-corrected chi connectivity index (χ2v) is 10.3. The lowest BCUT2D eigenvalue weighted by Crippen LogP contribution is -2.41. The van der Waals surface area contributed by atoms with Gasteiger partial charge in [0.05, 0.1) is 6.26 Å². The fourth-order valence-electron chi connectivity index (χ4n) is 3.55. The quantitative estimate of drug-likeness (QED) is 0.731. The maximum atomic E-state index is 12.0. The lowest BCUT2D eigenvalue weighted by Gasteiger charge is -2.24. The monoisotopic (exact) mass is 433 g/mol. The number of rotatable bonds is 2. The summed E-state index contributed by atoms with van der Waals surface area (Å²) < 4.78 is 25.1. The highest BCUT2D eigenvalue weighted by atomic mass is 32.2. The Balaban J connectivity index is 1.84. The van der Waals surface area contributed by atoms with Crippen molar-refractivity contribution >= 4 is 15.8 Å². The van der Waals surface area contributed by atoms with E-state index in [2.05, 4.69) is 23.2 Å². The van der Waals surface area contributed by atoms with E-state index >= 15 is 0 Å². The summed E-state index contributed by atoms with van der Waals surface area (Å²) >= 11 is 0. The molecule has 0 amide bonds. The minimum Gasteiger partial charge on any atom is -0.301 e. The molecule has 0 spiro atoms. The zero-order valence-electron chi connectivity index (χ0n) is 17.9. The smallest absolute Gasteiger partial charge is 0.233 e. The summed E-state index contributed by atoms with van der Waals surface area (Å²) in [5.41, 5.74) is 9.32. The van der Waals surface area contributed by atoms with Crippen LogP contribution in [0.5, 0.6) is 0 Å². The van der Waals surface area contributed by atoms with Crippen molar-refractivity contribution in [3.8, 4) is 0 Å². The highest BCUT2D eigenvalue weighted by molar-refractivity contribution is 7.92. The molecule has 1 aromatic carbocycles. The number of nitrogens with zero attached hydrogens (tertiary/aromatic N) is 2. The van der Waals surface area contributed by atoms with E-state index in [1.54, 1.807) is 13.0 Å². The number of nitrogens with two attached hydrogens (primary N) is 1. The van der Waals surface area contributed by atoms with Gasteiger partial charge >= 0.3 is 0 Å². The van der Waals surface area contributed by atoms with E-state index in [1.807, 2.05) is 12.1 Å². The lowest BCUT2D eigenvalue weighted by atomic mass is 9.99. The molecule has 0 aliphatic carbocycles. The molecule has 0 saturated carbocycles. The average Bonchev–Trinajstić information content (AvgIpc) is 2.65. The molecular formula is C22H31N3O4S. The van der Waals surface area contributed by atoms with Gasteiger partial charge < -0.3 is 5.73 Å². The molecule has 3 rings (SSSR count). The number of aromatic nitrogens is 1. The number of hydrogen-bond donors (Lipinski definition) is 1. The number of hydrogen-bond acceptors (Lipinski definition) is 6. The Kier molecular flexibility index (Phi) is 7.13. The molecule has 2 aromatic rings. The van der Waals surface area contributed by atoms with Crippen LogP contribution in [0.1, 0.15) is 48.6 Å². The largest absolute Gasteiger partial charge is 0.301 e. The van der Waals surface area contributed by atoms with Crippen molar-refractivity contribution in [2.24, 2.45) is 5.73 Å². The van der Waals surface area contributed by atoms with Crippen LogP contribution in [-0.4, -0.2) is 32.4 Å². The normalized spacial score (nSPS) is 21.2. The van der Waals surface area contributed by atoms with Gasteiger partial charge in [-0.05, 0) is 61.4 Å². The molecular weight excluding hydrogens is 402 g/mol. The Bertz CT molecular complexity index is 976. The lowest BCUT2D eigenvalue weighted by molar-refractivity contribution is -0.364. The standard InChI is InChI=1S/C22H31N3O4S/c1-22(23)15-18-10-7-9-17(12-18)8-5-4-6-11-20-13-19(16-28-29-22)14-21(24-20)25(2)30(3,26)27/h7,9-10,12-14H,4-6,8,11,15-16,23H2,1-3H3. The second kappa shape index (κ2) is 9.43. The summed E-state index contributed by atoms with van der Waals surface area (Å²) in [6, 6.07) is 12.1. The summed E-state index contributed by atoms with van der Waals surface area (Å²) in [6.45, 7) is 1.93. The average molecular weight is 434 g/mol. The van der Waals surface area contributed by atoms with E-state index in [9.17, 15) is 8.42 Å². The molecule has 1 aliphatic rings. The Morgan fingerprint density at radius 1 is 1.07 bits per heavy atom. The summed E-state index contributed by atoms with van der Waals surface area (Å²) in [7, 11) is -1.91. The Labute approximate surface area is 179 Å². The van der Waals surface area contributed by atoms with Gasteiger partial charge in [-0.25, -0.2) is 23.2 Å². The van der Waals surface area contributed by atoms with Crippen molar-refractivity contribution in [2.45, 2.75) is 57.8 Å². The van der Waals surface area contributed by atoms with Crippen molar-refractivity contribution in [3.05, 3.63) is 58.8 Å². The minimum absolute atomic E-state index is 0.146. The summed E-state index contributed by atoms with van der Waals surface area (Å²) in [4.78, 5) is 15.5. The number of fused-ring (bicyclic) bond motifs is 4. The van der Waals surface area contributed by atoms with Gasteiger partial charge in [-0.3, -0.25) is 4.31 Å². The molecule has 0 saturated heterocycles. The molecule has 2 N–H and O–H groups in total. The van der Waals surface area contributed by atoms with Gasteiger partial charge in [0.1, 0.15) is 12.4 Å². The van der Waals surface area contributed by atoms with E-state index in [4.69, 9.17) is 15.5 Å². The fourth-order valence-corrected chi connectivity index (χ4v) is 3.98. The first kappa shape index (κ1) is 22.7. The zero-order chi connectivity index (χ0) is 21.8. The first-order valence-electron chi connectivity index (χ1n) is 10.2. The number of sulfonamides is 1. The number of aryl methyl sites for hydroxylation is 2. The molecule has 1 unspecified atom stereocenters. The topological polar surface area (TPSA) is 94.8 Å². The molecule has 2 heterocycles. The first-order valence-corrected chi connectivity index (χ1v) is 12.1. The molecule has 7 nitrogen and oxygen atoms in total. The van der Waals surface area contributed by atoms with Crippen LogP contribution in [0.3, 0.4) is 0 Å². The minimum atomic E-state index is -3.41. The highest BCUT2D eigenvalue weighted by Crippen LogP contribution is 2.21. The number of pyridine rings is 1. The third-order valence-corrected chi connectivity index (χ3v) is 6.35. The van der Waals surface area contributed by atoms with Gasteiger partial charge in [-0.2, -0.15) is 0 Å². The summed E-state index contributed by atoms with van der Waals surface area (Å²) in [5.74, 6) is 0.375. The van der Waals surface area contributed by atoms with Crippen LogP contribution in [-0.2, 0) is 45.7 Å². The summed E-state index contributed by atoms with van der Waals surface area (Å²) in [6.07, 6.45) is 6.59. The molecule has 1 aromatic heterocycles. The molecule has 1 aliphatic heterocycles. The Morgan fingerprint density at radius 3 is 2.57 bits per heavy atom. The third kappa shape index (κ3) is 6.50. The van der Waals surface area contributed by atoms with Gasteiger partial charge in [0, 0.05) is 19.2 Å². The fraction of sp³-hybridized carbons (Fsp3) is 0.500. The van der Waals surface area contributed by atoms with Crippen LogP contribution in [0.15, 0.2) is 36.4 Å². The zero-order valence-corrected chi connectivity index (χ0v) is 18.7. The Morgan fingerprint density at radius 2 is 1.80 bits per heavy atom. The predicted octanol–water partition coefficient (Wildman–Crippen LogP) is 3.11. The molecule has 0 fully saturated rings. The van der Waals surface area contributed by atoms with Crippen molar-refractivity contribution in [1.29, 1.82) is 0 Å². The maximum Gasteiger partial charge on any atom is 0.233 e. The first-order chi connectivity index (χ1) is 14.1. The number of benzene rings is 1. The van der Waals surface area contributed by atoms with Gasteiger partial charge in [-0.1, -0.05) is 30.7 Å². The third-order valence-electron chi connectivity index (χ3n) is 5.16. The van der Waals surface area contributed by atoms with Crippen LogP contribution in [0.4, 0.5) is 5.82 Å². The predicted molar refractivity (Wildman–Crippen MR) is 117 cm³/mol. The SMILES string of the molecule is CN(c1cc2cc(n1)CCCCCc1cccc(c1)CC(C)(N)OOC2)S(C)(=O)=O. The van der Waals surface area contributed by atoms with E-state index < -0.39 is 15.7 Å². The van der Waals surface area contributed by atoms with Gasteiger partial charge in [-0.15, -0.1) is 0 Å². The van der Waals surface area contributed by atoms with Crippen LogP contribution in [0.2, 0.25) is 0 Å². The number of anilines is 1.